The predicted octanol–water partition coefficient (Wildman–Crippen LogP) is 3.69. The van der Waals surface area contributed by atoms with Crippen molar-refractivity contribution in [2.24, 2.45) is 0 Å². The third-order valence-corrected chi connectivity index (χ3v) is 3.67. The molecule has 3 rings (SSSR count). The van der Waals surface area contributed by atoms with E-state index in [2.05, 4.69) is 24.0 Å². The summed E-state index contributed by atoms with van der Waals surface area (Å²) in [6, 6.07) is 7.82. The monoisotopic (exact) mass is 280 g/mol. The number of nitrogens with zero attached hydrogens (tertiary/aromatic N) is 2. The lowest BCUT2D eigenvalue weighted by Gasteiger charge is -2.11. The predicted molar refractivity (Wildman–Crippen MR) is 74.4 cm³/mol. The number of ether oxygens (including phenoxy) is 1. The first-order chi connectivity index (χ1) is 8.74. The maximum absolute atomic E-state index is 6.25. The van der Waals surface area contributed by atoms with Crippen LogP contribution in [-0.4, -0.2) is 9.19 Å². The van der Waals surface area contributed by atoms with Gasteiger partial charge in [0, 0.05) is 22.8 Å². The molecule has 0 aliphatic heterocycles. The first-order valence-corrected chi connectivity index (χ1v) is 6.67. The molecule has 0 spiro atoms. The Morgan fingerprint density at radius 1 is 1.39 bits per heavy atom. The SMILES string of the molecule is Sn1ccc(OCc2c(Cl)cccc2C2CC2)n1. The molecule has 5 heteroatoms. The van der Waals surface area contributed by atoms with Gasteiger partial charge < -0.3 is 4.74 Å². The molecule has 1 aliphatic carbocycles. The van der Waals surface area contributed by atoms with Gasteiger partial charge >= 0.3 is 0 Å². The van der Waals surface area contributed by atoms with Gasteiger partial charge in [0.25, 0.3) is 0 Å². The summed E-state index contributed by atoms with van der Waals surface area (Å²) in [5, 5.41) is 4.83. The van der Waals surface area contributed by atoms with Crippen molar-refractivity contribution in [3.05, 3.63) is 46.6 Å². The van der Waals surface area contributed by atoms with Crippen molar-refractivity contribution in [1.82, 2.24) is 9.19 Å². The molecule has 0 N–H and O–H groups in total. The fourth-order valence-electron chi connectivity index (χ4n) is 2.03. The lowest BCUT2D eigenvalue weighted by atomic mass is 10.0. The molecule has 1 aliphatic rings. The molecule has 0 atom stereocenters. The summed E-state index contributed by atoms with van der Waals surface area (Å²) >= 11 is 10.3. The Bertz CT molecular complexity index is 566. The Morgan fingerprint density at radius 2 is 2.22 bits per heavy atom. The van der Waals surface area contributed by atoms with Crippen LogP contribution in [-0.2, 0) is 6.61 Å². The van der Waals surface area contributed by atoms with Crippen LogP contribution in [0, 0.1) is 0 Å². The number of benzene rings is 1. The number of rotatable bonds is 4. The van der Waals surface area contributed by atoms with E-state index >= 15 is 0 Å². The number of hydrogen-bond acceptors (Lipinski definition) is 3. The average molecular weight is 281 g/mol. The van der Waals surface area contributed by atoms with Crippen LogP contribution in [0.15, 0.2) is 30.5 Å². The highest BCUT2D eigenvalue weighted by atomic mass is 35.5. The van der Waals surface area contributed by atoms with E-state index in [-0.39, 0.29) is 0 Å². The molecule has 3 nitrogen and oxygen atoms in total. The molecule has 1 heterocycles. The van der Waals surface area contributed by atoms with Crippen molar-refractivity contribution in [2.45, 2.75) is 25.4 Å². The Hall–Kier alpha value is -1.13. The normalized spacial score (nSPS) is 14.8. The molecular formula is C13H13ClN2OS. The maximum atomic E-state index is 6.25. The van der Waals surface area contributed by atoms with E-state index in [1.165, 1.54) is 22.5 Å². The Labute approximate surface area is 116 Å². The van der Waals surface area contributed by atoms with E-state index < -0.39 is 0 Å². The molecule has 0 saturated heterocycles. The molecule has 94 valence electrons. The summed E-state index contributed by atoms with van der Waals surface area (Å²) in [6.07, 6.45) is 4.23. The molecule has 1 fully saturated rings. The minimum Gasteiger partial charge on any atom is -0.472 e. The van der Waals surface area contributed by atoms with Crippen LogP contribution in [0.2, 0.25) is 5.02 Å². The second-order valence-corrected chi connectivity index (χ2v) is 5.26. The van der Waals surface area contributed by atoms with Crippen LogP contribution in [0.25, 0.3) is 0 Å². The summed E-state index contributed by atoms with van der Waals surface area (Å²) in [5.74, 6) is 1.22. The van der Waals surface area contributed by atoms with Crippen LogP contribution in [0.5, 0.6) is 5.88 Å². The lowest BCUT2D eigenvalue weighted by molar-refractivity contribution is 0.292. The Kier molecular flexibility index (Phi) is 3.22. The van der Waals surface area contributed by atoms with Gasteiger partial charge in [-0.3, -0.25) is 0 Å². The van der Waals surface area contributed by atoms with Crippen molar-refractivity contribution in [3.8, 4) is 5.88 Å². The summed E-state index contributed by atoms with van der Waals surface area (Å²) in [6.45, 7) is 0.455. The number of aromatic nitrogens is 2. The van der Waals surface area contributed by atoms with Gasteiger partial charge in [-0.25, -0.2) is 4.09 Å². The van der Waals surface area contributed by atoms with Crippen LogP contribution >= 0.6 is 24.4 Å². The third-order valence-electron chi connectivity index (χ3n) is 3.09. The molecule has 18 heavy (non-hydrogen) atoms. The van der Waals surface area contributed by atoms with Crippen molar-refractivity contribution in [1.29, 1.82) is 0 Å². The van der Waals surface area contributed by atoms with Crippen molar-refractivity contribution < 1.29 is 4.74 Å². The van der Waals surface area contributed by atoms with Gasteiger partial charge in [-0.15, -0.1) is 5.10 Å². The zero-order valence-electron chi connectivity index (χ0n) is 9.71. The van der Waals surface area contributed by atoms with E-state index in [1.54, 1.807) is 12.3 Å². The molecular weight excluding hydrogens is 268 g/mol. The second kappa shape index (κ2) is 4.86. The van der Waals surface area contributed by atoms with E-state index in [9.17, 15) is 0 Å². The van der Waals surface area contributed by atoms with Gasteiger partial charge in [-0.2, -0.15) is 0 Å². The average Bonchev–Trinajstić information content (AvgIpc) is 3.11. The van der Waals surface area contributed by atoms with Crippen molar-refractivity contribution in [2.75, 3.05) is 0 Å². The molecule has 1 aromatic heterocycles. The minimum atomic E-state index is 0.455. The lowest BCUT2D eigenvalue weighted by Crippen LogP contribution is -2.01. The van der Waals surface area contributed by atoms with Crippen molar-refractivity contribution in [3.63, 3.8) is 0 Å². The maximum Gasteiger partial charge on any atom is 0.234 e. The van der Waals surface area contributed by atoms with Crippen LogP contribution < -0.4 is 4.74 Å². The van der Waals surface area contributed by atoms with E-state index in [0.29, 0.717) is 18.4 Å². The highest BCUT2D eigenvalue weighted by molar-refractivity contribution is 7.78. The Morgan fingerprint density at radius 3 is 2.89 bits per heavy atom. The number of halogens is 1. The quantitative estimate of drug-likeness (QED) is 0.865. The molecule has 1 aromatic carbocycles. The molecule has 2 aromatic rings. The zero-order chi connectivity index (χ0) is 12.5. The van der Waals surface area contributed by atoms with E-state index in [4.69, 9.17) is 16.3 Å². The van der Waals surface area contributed by atoms with Crippen LogP contribution in [0.1, 0.15) is 29.9 Å². The molecule has 0 bridgehead atoms. The fraction of sp³-hybridized carbons (Fsp3) is 0.308. The number of thiol groups is 1. The van der Waals surface area contributed by atoms with Gasteiger partial charge in [0.1, 0.15) is 6.61 Å². The van der Waals surface area contributed by atoms with E-state index in [1.807, 2.05) is 12.1 Å². The standard InChI is InChI=1S/C13H13ClN2OS/c14-12-3-1-2-10(9-4-5-9)11(12)8-17-13-6-7-16(18)15-13/h1-3,6-7,9,18H,4-5,8H2. The summed E-state index contributed by atoms with van der Waals surface area (Å²) < 4.78 is 7.07. The highest BCUT2D eigenvalue weighted by Gasteiger charge is 2.26. The van der Waals surface area contributed by atoms with Gasteiger partial charge in [-0.1, -0.05) is 23.7 Å². The highest BCUT2D eigenvalue weighted by Crippen LogP contribution is 2.43. The zero-order valence-corrected chi connectivity index (χ0v) is 11.4. The summed E-state index contributed by atoms with van der Waals surface area (Å²) in [4.78, 5) is 0. The molecule has 0 amide bonds. The number of hydrogen-bond donors (Lipinski definition) is 1. The van der Waals surface area contributed by atoms with Gasteiger partial charge in [0.05, 0.1) is 0 Å². The molecule has 0 radical (unpaired) electrons. The second-order valence-electron chi connectivity index (χ2n) is 4.44. The van der Waals surface area contributed by atoms with Crippen molar-refractivity contribution >= 4 is 24.4 Å². The van der Waals surface area contributed by atoms with Gasteiger partial charge in [-0.05, 0) is 43.2 Å². The Balaban J connectivity index is 1.79. The van der Waals surface area contributed by atoms with E-state index in [0.717, 1.165) is 10.6 Å². The topological polar surface area (TPSA) is 27.1 Å². The molecule has 0 unspecified atom stereocenters. The summed E-state index contributed by atoms with van der Waals surface area (Å²) in [7, 11) is 0. The first kappa shape index (κ1) is 11.9. The fourth-order valence-corrected chi connectivity index (χ4v) is 2.42. The summed E-state index contributed by atoms with van der Waals surface area (Å²) in [5.41, 5.74) is 2.39. The molecule has 1 saturated carbocycles. The van der Waals surface area contributed by atoms with Gasteiger partial charge in [0.15, 0.2) is 0 Å². The minimum absolute atomic E-state index is 0.455. The smallest absolute Gasteiger partial charge is 0.234 e. The van der Waals surface area contributed by atoms with Gasteiger partial charge in [0.2, 0.25) is 5.88 Å². The third kappa shape index (κ3) is 2.49. The first-order valence-electron chi connectivity index (χ1n) is 5.89. The largest absolute Gasteiger partial charge is 0.472 e. The van der Waals surface area contributed by atoms with Crippen LogP contribution in [0.3, 0.4) is 0 Å². The van der Waals surface area contributed by atoms with Crippen LogP contribution in [0.4, 0.5) is 0 Å².